The van der Waals surface area contributed by atoms with E-state index in [1.54, 1.807) is 6.07 Å². The summed E-state index contributed by atoms with van der Waals surface area (Å²) in [5.74, 6) is -0.353. The monoisotopic (exact) mass is 239 g/mol. The number of hydrogen-bond acceptors (Lipinski definition) is 3. The van der Waals surface area contributed by atoms with Crippen LogP contribution in [0.2, 0.25) is 0 Å². The Labute approximate surface area is 98.5 Å². The molecule has 0 fully saturated rings. The first-order chi connectivity index (χ1) is 8.19. The molecular formula is C11H14FN3O2. The van der Waals surface area contributed by atoms with Crippen LogP contribution in [0.4, 0.5) is 4.39 Å². The van der Waals surface area contributed by atoms with Gasteiger partial charge in [-0.3, -0.25) is 0 Å². The van der Waals surface area contributed by atoms with E-state index in [9.17, 15) is 9.50 Å². The standard InChI is InChI=1S/C11H14FN3O2/c1-17-11-5-4-8(7-9(11)12)10(16)3-2-6-14-15-13/h4-5,7,10,16H,2-3,6H2,1H3. The Morgan fingerprint density at radius 1 is 1.59 bits per heavy atom. The zero-order chi connectivity index (χ0) is 12.7. The van der Waals surface area contributed by atoms with Crippen LogP contribution in [0.5, 0.6) is 5.75 Å². The first kappa shape index (κ1) is 13.3. The van der Waals surface area contributed by atoms with Gasteiger partial charge in [0.05, 0.1) is 13.2 Å². The highest BCUT2D eigenvalue weighted by molar-refractivity contribution is 5.30. The van der Waals surface area contributed by atoms with Gasteiger partial charge >= 0.3 is 0 Å². The van der Waals surface area contributed by atoms with Crippen LogP contribution in [-0.4, -0.2) is 18.8 Å². The maximum Gasteiger partial charge on any atom is 0.165 e. The van der Waals surface area contributed by atoms with Gasteiger partial charge in [0.1, 0.15) is 0 Å². The lowest BCUT2D eigenvalue weighted by Gasteiger charge is -2.11. The quantitative estimate of drug-likeness (QED) is 0.358. The van der Waals surface area contributed by atoms with Gasteiger partial charge in [-0.2, -0.15) is 0 Å². The molecule has 1 aromatic carbocycles. The molecule has 0 aliphatic rings. The molecule has 0 spiro atoms. The lowest BCUT2D eigenvalue weighted by atomic mass is 10.0. The van der Waals surface area contributed by atoms with Crippen LogP contribution in [0.1, 0.15) is 24.5 Å². The normalized spacial score (nSPS) is 11.7. The molecule has 0 aromatic heterocycles. The van der Waals surface area contributed by atoms with E-state index in [0.717, 1.165) is 0 Å². The van der Waals surface area contributed by atoms with E-state index in [0.29, 0.717) is 24.9 Å². The van der Waals surface area contributed by atoms with Crippen LogP contribution in [-0.2, 0) is 0 Å². The topological polar surface area (TPSA) is 78.2 Å². The van der Waals surface area contributed by atoms with E-state index >= 15 is 0 Å². The lowest BCUT2D eigenvalue weighted by molar-refractivity contribution is 0.165. The summed E-state index contributed by atoms with van der Waals surface area (Å²) in [6.07, 6.45) is 0.216. The number of rotatable bonds is 6. The molecule has 1 N–H and O–H groups in total. The molecule has 1 aromatic rings. The third-order valence-corrected chi connectivity index (χ3v) is 2.36. The summed E-state index contributed by atoms with van der Waals surface area (Å²) in [5.41, 5.74) is 8.56. The van der Waals surface area contributed by atoms with Gasteiger partial charge in [-0.15, -0.1) is 0 Å². The average Bonchev–Trinajstić information content (AvgIpc) is 2.34. The summed E-state index contributed by atoms with van der Waals surface area (Å²) in [5, 5.41) is 13.1. The Hall–Kier alpha value is -1.78. The van der Waals surface area contributed by atoms with Crippen molar-refractivity contribution in [3.8, 4) is 5.75 Å². The number of halogens is 1. The van der Waals surface area contributed by atoms with Crippen LogP contribution in [0.15, 0.2) is 23.3 Å². The molecule has 0 saturated heterocycles. The SMILES string of the molecule is COc1ccc(C(O)CCCN=[N+]=[N-])cc1F. The van der Waals surface area contributed by atoms with E-state index < -0.39 is 11.9 Å². The lowest BCUT2D eigenvalue weighted by Crippen LogP contribution is -2.00. The summed E-state index contributed by atoms with van der Waals surface area (Å²) in [6, 6.07) is 4.33. The Balaban J connectivity index is 2.59. The first-order valence-electron chi connectivity index (χ1n) is 5.21. The summed E-state index contributed by atoms with van der Waals surface area (Å²) in [4.78, 5) is 2.61. The summed E-state index contributed by atoms with van der Waals surface area (Å²) >= 11 is 0. The second-order valence-electron chi connectivity index (χ2n) is 3.51. The fourth-order valence-corrected chi connectivity index (χ4v) is 1.46. The summed E-state index contributed by atoms with van der Waals surface area (Å²) < 4.78 is 18.1. The van der Waals surface area contributed by atoms with Gasteiger partial charge in [-0.25, -0.2) is 4.39 Å². The molecule has 0 bridgehead atoms. The molecule has 0 radical (unpaired) electrons. The Morgan fingerprint density at radius 3 is 2.94 bits per heavy atom. The van der Waals surface area contributed by atoms with Crippen LogP contribution >= 0.6 is 0 Å². The molecule has 6 heteroatoms. The molecule has 0 heterocycles. The number of aliphatic hydroxyl groups is 1. The first-order valence-corrected chi connectivity index (χ1v) is 5.21. The highest BCUT2D eigenvalue weighted by Crippen LogP contribution is 2.24. The number of hydrogen-bond donors (Lipinski definition) is 1. The minimum absolute atomic E-state index is 0.148. The fraction of sp³-hybridized carbons (Fsp3) is 0.455. The van der Waals surface area contributed by atoms with Crippen molar-refractivity contribution in [1.82, 2.24) is 0 Å². The number of nitrogens with zero attached hydrogens (tertiary/aromatic N) is 3. The van der Waals surface area contributed by atoms with Crippen molar-refractivity contribution in [3.05, 3.63) is 40.0 Å². The third-order valence-electron chi connectivity index (χ3n) is 2.36. The van der Waals surface area contributed by atoms with E-state index in [2.05, 4.69) is 10.0 Å². The highest BCUT2D eigenvalue weighted by Gasteiger charge is 2.10. The van der Waals surface area contributed by atoms with Crippen LogP contribution in [0.3, 0.4) is 0 Å². The van der Waals surface area contributed by atoms with Crippen molar-refractivity contribution in [3.63, 3.8) is 0 Å². The van der Waals surface area contributed by atoms with E-state index in [1.807, 2.05) is 0 Å². The Bertz CT molecular complexity index is 419. The average molecular weight is 239 g/mol. The molecule has 0 aliphatic carbocycles. The van der Waals surface area contributed by atoms with E-state index in [-0.39, 0.29) is 5.75 Å². The number of ether oxygens (including phenoxy) is 1. The number of benzene rings is 1. The molecular weight excluding hydrogens is 225 g/mol. The smallest absolute Gasteiger partial charge is 0.165 e. The highest BCUT2D eigenvalue weighted by atomic mass is 19.1. The molecule has 0 saturated carbocycles. The molecule has 1 rings (SSSR count). The zero-order valence-electron chi connectivity index (χ0n) is 9.51. The van der Waals surface area contributed by atoms with E-state index in [1.165, 1.54) is 19.2 Å². The maximum atomic E-state index is 13.4. The van der Waals surface area contributed by atoms with Crippen molar-refractivity contribution in [2.75, 3.05) is 13.7 Å². The molecule has 1 unspecified atom stereocenters. The van der Waals surface area contributed by atoms with Crippen LogP contribution in [0.25, 0.3) is 10.4 Å². The zero-order valence-corrected chi connectivity index (χ0v) is 9.51. The second kappa shape index (κ2) is 6.73. The van der Waals surface area contributed by atoms with Gasteiger partial charge < -0.3 is 9.84 Å². The molecule has 1 atom stereocenters. The van der Waals surface area contributed by atoms with Gasteiger partial charge in [0.15, 0.2) is 11.6 Å². The van der Waals surface area contributed by atoms with Gasteiger partial charge in [0.25, 0.3) is 0 Å². The Kier molecular flexibility index (Phi) is 5.26. The maximum absolute atomic E-state index is 13.4. The number of azide groups is 1. The van der Waals surface area contributed by atoms with E-state index in [4.69, 9.17) is 10.3 Å². The van der Waals surface area contributed by atoms with Crippen molar-refractivity contribution in [2.24, 2.45) is 5.11 Å². The van der Waals surface area contributed by atoms with Gasteiger partial charge in [0.2, 0.25) is 0 Å². The Morgan fingerprint density at radius 2 is 2.35 bits per heavy atom. The predicted molar refractivity (Wildman–Crippen MR) is 61.2 cm³/mol. The van der Waals surface area contributed by atoms with Crippen molar-refractivity contribution in [2.45, 2.75) is 18.9 Å². The third kappa shape index (κ3) is 3.94. The largest absolute Gasteiger partial charge is 0.494 e. The minimum Gasteiger partial charge on any atom is -0.494 e. The van der Waals surface area contributed by atoms with Gasteiger partial charge in [-0.1, -0.05) is 11.2 Å². The molecule has 0 amide bonds. The molecule has 17 heavy (non-hydrogen) atoms. The van der Waals surface area contributed by atoms with Crippen LogP contribution in [0, 0.1) is 5.82 Å². The molecule has 92 valence electrons. The number of methoxy groups -OCH3 is 1. The summed E-state index contributed by atoms with van der Waals surface area (Å²) in [6.45, 7) is 0.326. The van der Waals surface area contributed by atoms with Gasteiger partial charge in [-0.05, 0) is 36.1 Å². The fourth-order valence-electron chi connectivity index (χ4n) is 1.46. The predicted octanol–water partition coefficient (Wildman–Crippen LogP) is 2.96. The van der Waals surface area contributed by atoms with Crippen molar-refractivity contribution in [1.29, 1.82) is 0 Å². The number of aliphatic hydroxyl groups excluding tert-OH is 1. The van der Waals surface area contributed by atoms with Gasteiger partial charge in [0, 0.05) is 11.5 Å². The van der Waals surface area contributed by atoms with Crippen molar-refractivity contribution >= 4 is 0 Å². The second-order valence-corrected chi connectivity index (χ2v) is 3.51. The van der Waals surface area contributed by atoms with Crippen molar-refractivity contribution < 1.29 is 14.2 Å². The molecule has 5 nitrogen and oxygen atoms in total. The van der Waals surface area contributed by atoms with Crippen LogP contribution < -0.4 is 4.74 Å². The summed E-state index contributed by atoms with van der Waals surface area (Å²) in [7, 11) is 1.38. The molecule has 0 aliphatic heterocycles. The minimum atomic E-state index is -0.760.